The van der Waals surface area contributed by atoms with E-state index in [0.29, 0.717) is 5.56 Å². The van der Waals surface area contributed by atoms with Crippen molar-refractivity contribution in [3.63, 3.8) is 0 Å². The third kappa shape index (κ3) is 2.93. The zero-order valence-electron chi connectivity index (χ0n) is 7.54. The SMILES string of the molecule is CC(O[SH](=O)=O)C(=O)c1ccccc1. The molecule has 0 fully saturated rings. The van der Waals surface area contributed by atoms with Crippen LogP contribution in [-0.2, 0) is 15.2 Å². The van der Waals surface area contributed by atoms with Crippen LogP contribution >= 0.6 is 0 Å². The Morgan fingerprint density at radius 2 is 1.86 bits per heavy atom. The highest BCUT2D eigenvalue weighted by Gasteiger charge is 2.15. The summed E-state index contributed by atoms with van der Waals surface area (Å²) < 4.78 is 24.8. The van der Waals surface area contributed by atoms with Crippen LogP contribution in [0.5, 0.6) is 0 Å². The lowest BCUT2D eigenvalue weighted by Crippen LogP contribution is -2.20. The topological polar surface area (TPSA) is 60.4 Å². The number of Topliss-reactive ketones (excluding diaryl/α,β-unsaturated/α-hetero) is 1. The molecule has 0 aliphatic rings. The lowest BCUT2D eigenvalue weighted by Gasteiger charge is -2.06. The number of thiol groups is 1. The second kappa shape index (κ2) is 4.88. The lowest BCUT2D eigenvalue weighted by molar-refractivity contribution is 0.0833. The van der Waals surface area contributed by atoms with Gasteiger partial charge < -0.3 is 0 Å². The minimum atomic E-state index is -2.98. The molecule has 1 unspecified atom stereocenters. The first kappa shape index (κ1) is 10.9. The van der Waals surface area contributed by atoms with Crippen molar-refractivity contribution < 1.29 is 17.4 Å². The van der Waals surface area contributed by atoms with E-state index < -0.39 is 17.1 Å². The van der Waals surface area contributed by atoms with Gasteiger partial charge in [0.2, 0.25) is 0 Å². The quantitative estimate of drug-likeness (QED) is 0.595. The van der Waals surface area contributed by atoms with Crippen molar-refractivity contribution in [1.29, 1.82) is 0 Å². The van der Waals surface area contributed by atoms with E-state index in [2.05, 4.69) is 4.18 Å². The van der Waals surface area contributed by atoms with Gasteiger partial charge in [-0.3, -0.25) is 8.98 Å². The summed E-state index contributed by atoms with van der Waals surface area (Å²) in [6, 6.07) is 8.41. The number of carbonyl (C=O) groups excluding carboxylic acids is 1. The van der Waals surface area contributed by atoms with E-state index >= 15 is 0 Å². The van der Waals surface area contributed by atoms with Crippen LogP contribution in [0.3, 0.4) is 0 Å². The van der Waals surface area contributed by atoms with Gasteiger partial charge in [0.15, 0.2) is 5.78 Å². The average molecular weight is 214 g/mol. The highest BCUT2D eigenvalue weighted by Crippen LogP contribution is 2.05. The molecule has 4 nitrogen and oxygen atoms in total. The fraction of sp³-hybridized carbons (Fsp3) is 0.222. The first-order valence-corrected chi connectivity index (χ1v) is 5.11. The Balaban J connectivity index is 2.76. The number of rotatable bonds is 4. The number of ketones is 1. The van der Waals surface area contributed by atoms with Gasteiger partial charge in [-0.2, -0.15) is 0 Å². The van der Waals surface area contributed by atoms with Gasteiger partial charge in [0, 0.05) is 5.56 Å². The molecular weight excluding hydrogens is 204 g/mol. The molecule has 14 heavy (non-hydrogen) atoms. The lowest BCUT2D eigenvalue weighted by atomic mass is 10.1. The van der Waals surface area contributed by atoms with Gasteiger partial charge in [-0.25, -0.2) is 8.42 Å². The van der Waals surface area contributed by atoms with Crippen molar-refractivity contribution in [2.75, 3.05) is 0 Å². The summed E-state index contributed by atoms with van der Waals surface area (Å²) in [6.45, 7) is 1.40. The Morgan fingerprint density at radius 1 is 1.29 bits per heavy atom. The third-order valence-corrected chi connectivity index (χ3v) is 2.16. The highest BCUT2D eigenvalue weighted by atomic mass is 32.2. The maximum absolute atomic E-state index is 11.5. The zero-order valence-corrected chi connectivity index (χ0v) is 8.44. The van der Waals surface area contributed by atoms with E-state index in [1.807, 2.05) is 0 Å². The molecule has 1 rings (SSSR count). The normalized spacial score (nSPS) is 12.7. The molecule has 0 bridgehead atoms. The number of hydrogen-bond donors (Lipinski definition) is 1. The molecule has 1 aromatic rings. The van der Waals surface area contributed by atoms with Crippen LogP contribution in [0.2, 0.25) is 0 Å². The summed E-state index contributed by atoms with van der Waals surface area (Å²) in [4.78, 5) is 11.5. The van der Waals surface area contributed by atoms with E-state index in [9.17, 15) is 13.2 Å². The van der Waals surface area contributed by atoms with E-state index in [0.717, 1.165) is 0 Å². The molecule has 1 aromatic carbocycles. The average Bonchev–Trinajstić information content (AvgIpc) is 2.17. The largest absolute Gasteiger partial charge is 0.291 e. The zero-order chi connectivity index (χ0) is 10.6. The first-order valence-electron chi connectivity index (χ1n) is 4.01. The molecular formula is C9H10O4S. The van der Waals surface area contributed by atoms with Crippen LogP contribution in [0, 0.1) is 0 Å². The molecule has 0 spiro atoms. The Kier molecular flexibility index (Phi) is 3.79. The summed E-state index contributed by atoms with van der Waals surface area (Å²) in [7, 11) is -2.98. The monoisotopic (exact) mass is 214 g/mol. The van der Waals surface area contributed by atoms with Gasteiger partial charge in [-0.05, 0) is 6.92 Å². The van der Waals surface area contributed by atoms with Crippen molar-refractivity contribution >= 4 is 16.8 Å². The number of hydrogen-bond acceptors (Lipinski definition) is 4. The summed E-state index contributed by atoms with van der Waals surface area (Å²) >= 11 is 0. The van der Waals surface area contributed by atoms with Gasteiger partial charge in [0.05, 0.1) is 0 Å². The Labute approximate surface area is 83.7 Å². The molecule has 1 atom stereocenters. The van der Waals surface area contributed by atoms with E-state index in [1.54, 1.807) is 30.3 Å². The predicted molar refractivity (Wildman–Crippen MR) is 51.6 cm³/mol. The second-order valence-corrected chi connectivity index (χ2v) is 3.36. The Bertz CT molecular complexity index is 375. The Morgan fingerprint density at radius 3 is 2.36 bits per heavy atom. The summed E-state index contributed by atoms with van der Waals surface area (Å²) in [5, 5.41) is 0. The van der Waals surface area contributed by atoms with Crippen LogP contribution in [0.25, 0.3) is 0 Å². The molecule has 0 aliphatic heterocycles. The number of benzene rings is 1. The molecule has 0 aromatic heterocycles. The van der Waals surface area contributed by atoms with Gasteiger partial charge in [0.25, 0.3) is 11.0 Å². The maximum Gasteiger partial charge on any atom is 0.257 e. The second-order valence-electron chi connectivity index (χ2n) is 2.70. The van der Waals surface area contributed by atoms with Crippen LogP contribution in [0.1, 0.15) is 17.3 Å². The van der Waals surface area contributed by atoms with E-state index in [-0.39, 0.29) is 5.78 Å². The molecule has 0 saturated heterocycles. The molecule has 5 heteroatoms. The smallest absolute Gasteiger partial charge is 0.257 e. The minimum Gasteiger partial charge on any atom is -0.291 e. The van der Waals surface area contributed by atoms with Gasteiger partial charge in [0.1, 0.15) is 6.10 Å². The fourth-order valence-electron chi connectivity index (χ4n) is 1.01. The number of carbonyl (C=O) groups is 1. The van der Waals surface area contributed by atoms with Crippen molar-refractivity contribution in [3.05, 3.63) is 35.9 Å². The van der Waals surface area contributed by atoms with Crippen molar-refractivity contribution in [2.45, 2.75) is 13.0 Å². The van der Waals surface area contributed by atoms with Crippen LogP contribution in [0.4, 0.5) is 0 Å². The molecule has 0 heterocycles. The van der Waals surface area contributed by atoms with Gasteiger partial charge >= 0.3 is 0 Å². The Hall–Kier alpha value is -1.20. The molecule has 0 amide bonds. The van der Waals surface area contributed by atoms with Crippen LogP contribution in [0.15, 0.2) is 30.3 Å². The molecule has 0 radical (unpaired) electrons. The van der Waals surface area contributed by atoms with E-state index in [1.165, 1.54) is 6.92 Å². The highest BCUT2D eigenvalue weighted by molar-refractivity contribution is 7.67. The van der Waals surface area contributed by atoms with Crippen LogP contribution in [-0.4, -0.2) is 20.3 Å². The van der Waals surface area contributed by atoms with E-state index in [4.69, 9.17) is 0 Å². The van der Waals surface area contributed by atoms with Crippen molar-refractivity contribution in [2.24, 2.45) is 0 Å². The molecule has 0 N–H and O–H groups in total. The third-order valence-electron chi connectivity index (χ3n) is 1.67. The first-order chi connectivity index (χ1) is 6.61. The van der Waals surface area contributed by atoms with Crippen molar-refractivity contribution in [3.8, 4) is 0 Å². The van der Waals surface area contributed by atoms with Gasteiger partial charge in [-0.15, -0.1) is 0 Å². The summed E-state index contributed by atoms with van der Waals surface area (Å²) in [6.07, 6.45) is -0.960. The minimum absolute atomic E-state index is 0.343. The van der Waals surface area contributed by atoms with Crippen molar-refractivity contribution in [1.82, 2.24) is 0 Å². The summed E-state index contributed by atoms with van der Waals surface area (Å²) in [5.41, 5.74) is 0.442. The fourth-order valence-corrected chi connectivity index (χ4v) is 1.37. The summed E-state index contributed by atoms with van der Waals surface area (Å²) in [5.74, 6) is -0.343. The van der Waals surface area contributed by atoms with Crippen LogP contribution < -0.4 is 0 Å². The standard InChI is InChI=1S/C9H10O4S/c1-7(13-14(11)12)9(10)8-5-3-2-4-6-8/h2-7,14H,1H3. The molecule has 76 valence electrons. The van der Waals surface area contributed by atoms with Gasteiger partial charge in [-0.1, -0.05) is 30.3 Å². The maximum atomic E-state index is 11.5. The molecule has 0 aliphatic carbocycles. The molecule has 0 saturated carbocycles. The predicted octanol–water partition coefficient (Wildman–Crippen LogP) is 0.801.